The third kappa shape index (κ3) is 4.04. The minimum Gasteiger partial charge on any atom is -0.340 e. The van der Waals surface area contributed by atoms with E-state index >= 15 is 0 Å². The quantitative estimate of drug-likeness (QED) is 0.867. The van der Waals surface area contributed by atoms with Gasteiger partial charge in [-0.2, -0.15) is 0 Å². The van der Waals surface area contributed by atoms with Gasteiger partial charge in [-0.3, -0.25) is 9.69 Å². The number of carbonyl (C=O) groups excluding carboxylic acids is 1. The van der Waals surface area contributed by atoms with Gasteiger partial charge in [-0.25, -0.2) is 4.98 Å². The second-order valence-electron chi connectivity index (χ2n) is 5.75. The van der Waals surface area contributed by atoms with E-state index in [1.165, 1.54) is 0 Å². The van der Waals surface area contributed by atoms with Crippen molar-refractivity contribution in [3.63, 3.8) is 0 Å². The monoisotopic (exact) mass is 293 g/mol. The van der Waals surface area contributed by atoms with E-state index in [2.05, 4.69) is 16.8 Å². The van der Waals surface area contributed by atoms with E-state index in [-0.39, 0.29) is 5.91 Å². The number of carbonyl (C=O) groups is 1. The maximum atomic E-state index is 12.4. The van der Waals surface area contributed by atoms with Gasteiger partial charge in [0.25, 0.3) is 5.91 Å². The molecule has 2 rings (SSSR count). The number of rotatable bonds is 5. The summed E-state index contributed by atoms with van der Waals surface area (Å²) in [6.07, 6.45) is 6.62. The Kier molecular flexibility index (Phi) is 5.76. The van der Waals surface area contributed by atoms with Crippen LogP contribution in [0.5, 0.6) is 0 Å². The summed E-state index contributed by atoms with van der Waals surface area (Å²) in [6.45, 7) is 6.50. The van der Waals surface area contributed by atoms with Gasteiger partial charge in [-0.05, 0) is 25.8 Å². The Morgan fingerprint density at radius 1 is 1.38 bits per heavy atom. The van der Waals surface area contributed by atoms with E-state index in [0.717, 1.165) is 52.0 Å². The maximum Gasteiger partial charge on any atom is 0.274 e. The summed E-state index contributed by atoms with van der Waals surface area (Å²) < 4.78 is 1.81. The van der Waals surface area contributed by atoms with E-state index in [4.69, 9.17) is 5.73 Å². The second kappa shape index (κ2) is 7.56. The van der Waals surface area contributed by atoms with Crippen molar-refractivity contribution in [2.45, 2.75) is 32.2 Å². The molecule has 1 saturated heterocycles. The Morgan fingerprint density at radius 2 is 2.19 bits per heavy atom. The Bertz CT molecular complexity index is 459. The zero-order valence-electron chi connectivity index (χ0n) is 13.2. The highest BCUT2D eigenvalue weighted by Gasteiger charge is 2.24. The molecule has 0 saturated carbocycles. The van der Waals surface area contributed by atoms with Gasteiger partial charge in [0.1, 0.15) is 5.69 Å². The average molecular weight is 293 g/mol. The highest BCUT2D eigenvalue weighted by molar-refractivity contribution is 5.92. The lowest BCUT2D eigenvalue weighted by Crippen LogP contribution is -2.40. The predicted octanol–water partition coefficient (Wildman–Crippen LogP) is 0.695. The summed E-state index contributed by atoms with van der Waals surface area (Å²) in [5.74, 6) is 0.0457. The van der Waals surface area contributed by atoms with Crippen LogP contribution in [0.15, 0.2) is 12.5 Å². The first-order chi connectivity index (χ1) is 10.2. The van der Waals surface area contributed by atoms with Gasteiger partial charge in [0.15, 0.2) is 0 Å². The van der Waals surface area contributed by atoms with Gasteiger partial charge in [0.2, 0.25) is 0 Å². The first-order valence-corrected chi connectivity index (χ1v) is 7.87. The van der Waals surface area contributed by atoms with Crippen molar-refractivity contribution in [2.24, 2.45) is 12.8 Å². The largest absolute Gasteiger partial charge is 0.340 e. The lowest BCUT2D eigenvalue weighted by molar-refractivity contribution is 0.0752. The van der Waals surface area contributed by atoms with Crippen molar-refractivity contribution in [1.29, 1.82) is 0 Å². The molecule has 2 N–H and O–H groups in total. The predicted molar refractivity (Wildman–Crippen MR) is 83.1 cm³/mol. The molecule has 0 bridgehead atoms. The normalized spacial score (nSPS) is 18.5. The first kappa shape index (κ1) is 16.0. The number of nitrogens with zero attached hydrogens (tertiary/aromatic N) is 4. The van der Waals surface area contributed by atoms with E-state index in [9.17, 15) is 4.79 Å². The van der Waals surface area contributed by atoms with Crippen LogP contribution in [-0.4, -0.2) is 64.0 Å². The summed E-state index contributed by atoms with van der Waals surface area (Å²) in [5, 5.41) is 0. The number of imidazole rings is 1. The summed E-state index contributed by atoms with van der Waals surface area (Å²) in [6, 6.07) is 0.542. The molecular weight excluding hydrogens is 266 g/mol. The number of aromatic nitrogens is 2. The molecule has 0 spiro atoms. The summed E-state index contributed by atoms with van der Waals surface area (Å²) >= 11 is 0. The average Bonchev–Trinajstić information content (AvgIpc) is 2.77. The molecule has 0 aliphatic carbocycles. The van der Waals surface area contributed by atoms with Gasteiger partial charge >= 0.3 is 0 Å². The van der Waals surface area contributed by atoms with Crippen LogP contribution in [0.4, 0.5) is 0 Å². The lowest BCUT2D eigenvalue weighted by atomic mass is 10.1. The molecule has 1 atom stereocenters. The molecular formula is C15H27N5O. The van der Waals surface area contributed by atoms with Crippen molar-refractivity contribution in [1.82, 2.24) is 19.4 Å². The molecule has 21 heavy (non-hydrogen) atoms. The third-order valence-corrected chi connectivity index (χ3v) is 4.23. The van der Waals surface area contributed by atoms with Crippen LogP contribution < -0.4 is 5.73 Å². The Labute approximate surface area is 126 Å². The van der Waals surface area contributed by atoms with Crippen LogP contribution in [0, 0.1) is 0 Å². The van der Waals surface area contributed by atoms with Gasteiger partial charge in [0.05, 0.1) is 6.33 Å². The fraction of sp³-hybridized carbons (Fsp3) is 0.733. The van der Waals surface area contributed by atoms with Gasteiger partial charge in [-0.1, -0.05) is 6.92 Å². The van der Waals surface area contributed by atoms with Crippen LogP contribution in [0.25, 0.3) is 0 Å². The fourth-order valence-electron chi connectivity index (χ4n) is 3.03. The fourth-order valence-corrected chi connectivity index (χ4v) is 3.03. The van der Waals surface area contributed by atoms with E-state index in [0.29, 0.717) is 11.7 Å². The van der Waals surface area contributed by atoms with Crippen molar-refractivity contribution in [2.75, 3.05) is 32.7 Å². The summed E-state index contributed by atoms with van der Waals surface area (Å²) in [7, 11) is 1.88. The standard InChI is InChI=1S/C15H27N5O/c1-3-13(5-6-16)19-7-4-8-20(10-9-19)15(21)14-11-18(2)12-17-14/h11-13H,3-10,16H2,1-2H3. The van der Waals surface area contributed by atoms with Crippen LogP contribution in [0.3, 0.4) is 0 Å². The number of hydrogen-bond acceptors (Lipinski definition) is 4. The van der Waals surface area contributed by atoms with Crippen molar-refractivity contribution < 1.29 is 4.79 Å². The molecule has 1 unspecified atom stereocenters. The molecule has 1 aromatic rings. The number of hydrogen-bond donors (Lipinski definition) is 1. The van der Waals surface area contributed by atoms with E-state index in [1.54, 1.807) is 12.5 Å². The molecule has 2 heterocycles. The molecule has 1 amide bonds. The van der Waals surface area contributed by atoms with Gasteiger partial charge in [0, 0.05) is 45.5 Å². The van der Waals surface area contributed by atoms with Gasteiger partial charge in [-0.15, -0.1) is 0 Å². The molecule has 1 aliphatic rings. The molecule has 0 radical (unpaired) electrons. The molecule has 1 aromatic heterocycles. The zero-order chi connectivity index (χ0) is 15.2. The van der Waals surface area contributed by atoms with E-state index < -0.39 is 0 Å². The van der Waals surface area contributed by atoms with E-state index in [1.807, 2.05) is 16.5 Å². The van der Waals surface area contributed by atoms with Crippen molar-refractivity contribution in [3.8, 4) is 0 Å². The number of amides is 1. The number of aryl methyl sites for hydroxylation is 1. The molecule has 1 aliphatic heterocycles. The molecule has 0 aromatic carbocycles. The zero-order valence-corrected chi connectivity index (χ0v) is 13.2. The van der Waals surface area contributed by atoms with Crippen LogP contribution in [0.2, 0.25) is 0 Å². The highest BCUT2D eigenvalue weighted by atomic mass is 16.2. The van der Waals surface area contributed by atoms with Crippen molar-refractivity contribution >= 4 is 5.91 Å². The van der Waals surface area contributed by atoms with Crippen LogP contribution >= 0.6 is 0 Å². The van der Waals surface area contributed by atoms with Crippen LogP contribution in [0.1, 0.15) is 36.7 Å². The Balaban J connectivity index is 1.95. The lowest BCUT2D eigenvalue weighted by Gasteiger charge is -2.29. The maximum absolute atomic E-state index is 12.4. The SMILES string of the molecule is CCC(CCN)N1CCCN(C(=O)c2cn(C)cn2)CC1. The summed E-state index contributed by atoms with van der Waals surface area (Å²) in [4.78, 5) is 21.0. The Morgan fingerprint density at radius 3 is 2.81 bits per heavy atom. The number of nitrogens with two attached hydrogens (primary N) is 1. The minimum absolute atomic E-state index is 0.0457. The molecule has 1 fully saturated rings. The molecule has 6 nitrogen and oxygen atoms in total. The topological polar surface area (TPSA) is 67.4 Å². The van der Waals surface area contributed by atoms with Crippen LogP contribution in [-0.2, 0) is 7.05 Å². The Hall–Kier alpha value is -1.40. The minimum atomic E-state index is 0.0457. The van der Waals surface area contributed by atoms with Crippen molar-refractivity contribution in [3.05, 3.63) is 18.2 Å². The second-order valence-corrected chi connectivity index (χ2v) is 5.75. The molecule has 118 valence electrons. The third-order valence-electron chi connectivity index (χ3n) is 4.23. The first-order valence-electron chi connectivity index (χ1n) is 7.87. The summed E-state index contributed by atoms with van der Waals surface area (Å²) in [5.41, 5.74) is 6.24. The van der Waals surface area contributed by atoms with Gasteiger partial charge < -0.3 is 15.2 Å². The molecule has 6 heteroatoms. The smallest absolute Gasteiger partial charge is 0.274 e. The highest BCUT2D eigenvalue weighted by Crippen LogP contribution is 2.13.